The molecule has 1 atom stereocenters. The van der Waals surface area contributed by atoms with Crippen LogP contribution in [0, 0.1) is 5.92 Å². The number of hydrogen-bond acceptors (Lipinski definition) is 2. The normalized spacial score (nSPS) is 12.4. The SMILES string of the molecule is CCCCC(CC)COc1ccc(Br)c(CNC)c1. The Bertz CT molecular complexity index is 368. The molecule has 1 rings (SSSR count). The fraction of sp³-hybridized carbons (Fsp3) is 0.625. The summed E-state index contributed by atoms with van der Waals surface area (Å²) in [6.07, 6.45) is 5.03. The standard InChI is InChI=1S/C16H26BrNO/c1-4-6-7-13(5-2)12-19-15-8-9-16(17)14(10-15)11-18-3/h8-10,13,18H,4-7,11-12H2,1-3H3. The quantitative estimate of drug-likeness (QED) is 0.705. The second-order valence-electron chi connectivity index (χ2n) is 5.01. The van der Waals surface area contributed by atoms with Crippen molar-refractivity contribution in [3.8, 4) is 5.75 Å². The summed E-state index contributed by atoms with van der Waals surface area (Å²) in [6, 6.07) is 6.22. The zero-order chi connectivity index (χ0) is 14.1. The van der Waals surface area contributed by atoms with Crippen molar-refractivity contribution < 1.29 is 4.74 Å². The average Bonchev–Trinajstić information content (AvgIpc) is 2.42. The Morgan fingerprint density at radius 1 is 1.32 bits per heavy atom. The third kappa shape index (κ3) is 5.96. The van der Waals surface area contributed by atoms with Gasteiger partial charge in [-0.3, -0.25) is 0 Å². The van der Waals surface area contributed by atoms with Gasteiger partial charge in [-0.1, -0.05) is 49.0 Å². The second kappa shape index (κ2) is 9.38. The van der Waals surface area contributed by atoms with Crippen LogP contribution in [0.25, 0.3) is 0 Å². The number of unbranched alkanes of at least 4 members (excludes halogenated alkanes) is 1. The summed E-state index contributed by atoms with van der Waals surface area (Å²) >= 11 is 3.56. The molecule has 0 saturated heterocycles. The minimum Gasteiger partial charge on any atom is -0.493 e. The van der Waals surface area contributed by atoms with Crippen LogP contribution in [0.15, 0.2) is 22.7 Å². The molecular formula is C16H26BrNO. The Kier molecular flexibility index (Phi) is 8.15. The predicted octanol–water partition coefficient (Wildman–Crippen LogP) is 4.76. The van der Waals surface area contributed by atoms with Gasteiger partial charge < -0.3 is 10.1 Å². The van der Waals surface area contributed by atoms with Gasteiger partial charge in [-0.2, -0.15) is 0 Å². The molecule has 0 aliphatic carbocycles. The molecule has 2 nitrogen and oxygen atoms in total. The highest BCUT2D eigenvalue weighted by Gasteiger charge is 2.08. The monoisotopic (exact) mass is 327 g/mol. The zero-order valence-electron chi connectivity index (χ0n) is 12.3. The van der Waals surface area contributed by atoms with Gasteiger partial charge in [0.05, 0.1) is 6.61 Å². The largest absolute Gasteiger partial charge is 0.493 e. The number of halogens is 1. The molecule has 3 heteroatoms. The smallest absolute Gasteiger partial charge is 0.119 e. The van der Waals surface area contributed by atoms with Crippen LogP contribution in [0.3, 0.4) is 0 Å². The first-order valence-electron chi connectivity index (χ1n) is 7.27. The van der Waals surface area contributed by atoms with E-state index in [0.717, 1.165) is 23.4 Å². The van der Waals surface area contributed by atoms with Gasteiger partial charge >= 0.3 is 0 Å². The molecule has 0 saturated carbocycles. The lowest BCUT2D eigenvalue weighted by atomic mass is 10.0. The Morgan fingerprint density at radius 2 is 2.11 bits per heavy atom. The van der Waals surface area contributed by atoms with E-state index in [-0.39, 0.29) is 0 Å². The van der Waals surface area contributed by atoms with Crippen molar-refractivity contribution in [2.45, 2.75) is 46.1 Å². The van der Waals surface area contributed by atoms with Gasteiger partial charge in [0.15, 0.2) is 0 Å². The number of nitrogens with one attached hydrogen (secondary N) is 1. The molecule has 1 N–H and O–H groups in total. The zero-order valence-corrected chi connectivity index (χ0v) is 13.9. The van der Waals surface area contributed by atoms with Crippen molar-refractivity contribution in [1.82, 2.24) is 5.32 Å². The molecule has 0 heterocycles. The summed E-state index contributed by atoms with van der Waals surface area (Å²) in [5.74, 6) is 1.65. The molecule has 1 aromatic rings. The van der Waals surface area contributed by atoms with E-state index in [1.54, 1.807) is 0 Å². The minimum atomic E-state index is 0.677. The summed E-state index contributed by atoms with van der Waals surface area (Å²) in [5.41, 5.74) is 1.24. The van der Waals surface area contributed by atoms with E-state index in [2.05, 4.69) is 47.2 Å². The van der Waals surface area contributed by atoms with Crippen molar-refractivity contribution in [3.63, 3.8) is 0 Å². The first-order valence-corrected chi connectivity index (χ1v) is 8.06. The van der Waals surface area contributed by atoms with Crippen molar-refractivity contribution in [1.29, 1.82) is 0 Å². The van der Waals surface area contributed by atoms with Gasteiger partial charge in [0.1, 0.15) is 5.75 Å². The van der Waals surface area contributed by atoms with Gasteiger partial charge in [0, 0.05) is 11.0 Å². The van der Waals surface area contributed by atoms with Crippen LogP contribution >= 0.6 is 15.9 Å². The Labute approximate surface area is 126 Å². The van der Waals surface area contributed by atoms with Crippen LogP contribution < -0.4 is 10.1 Å². The highest BCUT2D eigenvalue weighted by Crippen LogP contribution is 2.23. The first kappa shape index (κ1) is 16.5. The van der Waals surface area contributed by atoms with Crippen LogP contribution in [-0.2, 0) is 6.54 Å². The molecule has 0 amide bonds. The van der Waals surface area contributed by atoms with Crippen molar-refractivity contribution in [2.75, 3.05) is 13.7 Å². The lowest BCUT2D eigenvalue weighted by molar-refractivity contribution is 0.233. The maximum atomic E-state index is 5.95. The van der Waals surface area contributed by atoms with Crippen LogP contribution in [-0.4, -0.2) is 13.7 Å². The summed E-state index contributed by atoms with van der Waals surface area (Å²) in [6.45, 7) is 6.17. The van der Waals surface area contributed by atoms with E-state index in [1.807, 2.05) is 13.1 Å². The molecule has 0 radical (unpaired) electrons. The molecule has 0 aliphatic heterocycles. The molecule has 1 aromatic carbocycles. The highest BCUT2D eigenvalue weighted by molar-refractivity contribution is 9.10. The van der Waals surface area contributed by atoms with E-state index in [0.29, 0.717) is 5.92 Å². The first-order chi connectivity index (χ1) is 9.21. The van der Waals surface area contributed by atoms with Crippen molar-refractivity contribution >= 4 is 15.9 Å². The fourth-order valence-electron chi connectivity index (χ4n) is 2.08. The Balaban J connectivity index is 2.54. The van der Waals surface area contributed by atoms with Gasteiger partial charge in [0.2, 0.25) is 0 Å². The molecule has 0 aromatic heterocycles. The molecule has 108 valence electrons. The topological polar surface area (TPSA) is 21.3 Å². The van der Waals surface area contributed by atoms with E-state index < -0.39 is 0 Å². The molecule has 0 spiro atoms. The summed E-state index contributed by atoms with van der Waals surface area (Å²) in [5, 5.41) is 3.17. The van der Waals surface area contributed by atoms with Crippen LogP contribution in [0.1, 0.15) is 45.1 Å². The molecule has 0 bridgehead atoms. The number of hydrogen-bond donors (Lipinski definition) is 1. The molecule has 0 aliphatic rings. The van der Waals surface area contributed by atoms with Gasteiger partial charge in [-0.25, -0.2) is 0 Å². The Hall–Kier alpha value is -0.540. The fourth-order valence-corrected chi connectivity index (χ4v) is 2.47. The van der Waals surface area contributed by atoms with E-state index >= 15 is 0 Å². The van der Waals surface area contributed by atoms with Gasteiger partial charge in [0.25, 0.3) is 0 Å². The maximum Gasteiger partial charge on any atom is 0.119 e. The van der Waals surface area contributed by atoms with E-state index in [1.165, 1.54) is 31.2 Å². The number of benzene rings is 1. The van der Waals surface area contributed by atoms with Crippen LogP contribution in [0.2, 0.25) is 0 Å². The summed E-state index contributed by atoms with van der Waals surface area (Å²) < 4.78 is 7.08. The number of ether oxygens (including phenoxy) is 1. The predicted molar refractivity (Wildman–Crippen MR) is 85.7 cm³/mol. The highest BCUT2D eigenvalue weighted by atomic mass is 79.9. The molecule has 1 unspecified atom stereocenters. The van der Waals surface area contributed by atoms with Gasteiger partial charge in [-0.05, 0) is 43.1 Å². The molecule has 19 heavy (non-hydrogen) atoms. The minimum absolute atomic E-state index is 0.677. The lowest BCUT2D eigenvalue weighted by Crippen LogP contribution is -2.12. The second-order valence-corrected chi connectivity index (χ2v) is 5.87. The number of rotatable bonds is 9. The lowest BCUT2D eigenvalue weighted by Gasteiger charge is -2.16. The molecular weight excluding hydrogens is 302 g/mol. The van der Waals surface area contributed by atoms with Crippen LogP contribution in [0.5, 0.6) is 5.75 Å². The third-order valence-electron chi connectivity index (χ3n) is 3.41. The van der Waals surface area contributed by atoms with Crippen molar-refractivity contribution in [2.24, 2.45) is 5.92 Å². The molecule has 0 fully saturated rings. The summed E-state index contributed by atoms with van der Waals surface area (Å²) in [7, 11) is 1.96. The average molecular weight is 328 g/mol. The van der Waals surface area contributed by atoms with Gasteiger partial charge in [-0.15, -0.1) is 0 Å². The Morgan fingerprint density at radius 3 is 2.74 bits per heavy atom. The van der Waals surface area contributed by atoms with Crippen LogP contribution in [0.4, 0.5) is 0 Å². The maximum absolute atomic E-state index is 5.95. The van der Waals surface area contributed by atoms with Crippen molar-refractivity contribution in [3.05, 3.63) is 28.2 Å². The summed E-state index contributed by atoms with van der Waals surface area (Å²) in [4.78, 5) is 0. The van der Waals surface area contributed by atoms with E-state index in [9.17, 15) is 0 Å². The third-order valence-corrected chi connectivity index (χ3v) is 4.19. The van der Waals surface area contributed by atoms with E-state index in [4.69, 9.17) is 4.74 Å².